The second kappa shape index (κ2) is 9.10. The Labute approximate surface area is 153 Å². The first-order valence-corrected chi connectivity index (χ1v) is 8.40. The SMILES string of the molecule is CC(=O)Nc1ccc(CC(=O)NCC(c2cccc(F)c2)N(C)C)cc1. The molecule has 1 atom stereocenters. The van der Waals surface area contributed by atoms with E-state index in [1.807, 2.05) is 25.1 Å². The molecule has 0 fully saturated rings. The molecule has 0 spiro atoms. The second-order valence-corrected chi connectivity index (χ2v) is 6.39. The van der Waals surface area contributed by atoms with Crippen LogP contribution in [0.5, 0.6) is 0 Å². The van der Waals surface area contributed by atoms with E-state index in [1.54, 1.807) is 30.3 Å². The topological polar surface area (TPSA) is 61.4 Å². The molecule has 138 valence electrons. The highest BCUT2D eigenvalue weighted by Crippen LogP contribution is 2.18. The van der Waals surface area contributed by atoms with Gasteiger partial charge in [-0.25, -0.2) is 4.39 Å². The number of benzene rings is 2. The van der Waals surface area contributed by atoms with E-state index < -0.39 is 0 Å². The van der Waals surface area contributed by atoms with Gasteiger partial charge in [0.1, 0.15) is 5.82 Å². The van der Waals surface area contributed by atoms with Crippen LogP contribution < -0.4 is 10.6 Å². The summed E-state index contributed by atoms with van der Waals surface area (Å²) in [5.41, 5.74) is 2.36. The summed E-state index contributed by atoms with van der Waals surface area (Å²) in [5, 5.41) is 5.59. The van der Waals surface area contributed by atoms with Crippen molar-refractivity contribution in [2.45, 2.75) is 19.4 Å². The largest absolute Gasteiger partial charge is 0.354 e. The normalized spacial score (nSPS) is 11.9. The minimum atomic E-state index is -0.292. The summed E-state index contributed by atoms with van der Waals surface area (Å²) < 4.78 is 13.5. The van der Waals surface area contributed by atoms with Gasteiger partial charge >= 0.3 is 0 Å². The summed E-state index contributed by atoms with van der Waals surface area (Å²) in [7, 11) is 3.78. The summed E-state index contributed by atoms with van der Waals surface area (Å²) in [6, 6.07) is 13.4. The van der Waals surface area contributed by atoms with Crippen LogP contribution >= 0.6 is 0 Å². The van der Waals surface area contributed by atoms with Crippen molar-refractivity contribution < 1.29 is 14.0 Å². The molecule has 5 nitrogen and oxygen atoms in total. The summed E-state index contributed by atoms with van der Waals surface area (Å²) in [6.07, 6.45) is 0.240. The number of nitrogens with one attached hydrogen (secondary N) is 2. The molecular formula is C20H24FN3O2. The fourth-order valence-electron chi connectivity index (χ4n) is 2.68. The number of amides is 2. The van der Waals surface area contributed by atoms with Crippen LogP contribution in [-0.4, -0.2) is 37.4 Å². The predicted molar refractivity (Wildman–Crippen MR) is 100 cm³/mol. The highest BCUT2D eigenvalue weighted by molar-refractivity contribution is 5.88. The van der Waals surface area contributed by atoms with Crippen LogP contribution in [0.25, 0.3) is 0 Å². The Morgan fingerprint density at radius 2 is 1.81 bits per heavy atom. The molecule has 0 aliphatic rings. The molecule has 2 amide bonds. The Balaban J connectivity index is 1.93. The molecule has 0 saturated carbocycles. The molecule has 2 N–H and O–H groups in total. The van der Waals surface area contributed by atoms with E-state index in [0.717, 1.165) is 11.1 Å². The number of carbonyl (C=O) groups excluding carboxylic acids is 2. The maximum absolute atomic E-state index is 13.5. The van der Waals surface area contributed by atoms with E-state index in [0.29, 0.717) is 12.2 Å². The van der Waals surface area contributed by atoms with Crippen LogP contribution in [0.2, 0.25) is 0 Å². The van der Waals surface area contributed by atoms with E-state index in [-0.39, 0.29) is 30.1 Å². The van der Waals surface area contributed by atoms with E-state index >= 15 is 0 Å². The van der Waals surface area contributed by atoms with Gasteiger partial charge < -0.3 is 15.5 Å². The van der Waals surface area contributed by atoms with Gasteiger partial charge in [0, 0.05) is 19.2 Å². The minimum Gasteiger partial charge on any atom is -0.354 e. The van der Waals surface area contributed by atoms with Crippen molar-refractivity contribution in [2.24, 2.45) is 0 Å². The molecule has 0 aliphatic heterocycles. The lowest BCUT2D eigenvalue weighted by Crippen LogP contribution is -2.35. The molecule has 0 aliphatic carbocycles. The molecule has 2 rings (SSSR count). The van der Waals surface area contributed by atoms with Gasteiger partial charge in [0.2, 0.25) is 11.8 Å². The quantitative estimate of drug-likeness (QED) is 0.801. The fourth-order valence-corrected chi connectivity index (χ4v) is 2.68. The van der Waals surface area contributed by atoms with E-state index in [1.165, 1.54) is 19.1 Å². The van der Waals surface area contributed by atoms with Gasteiger partial charge in [0.15, 0.2) is 0 Å². The maximum Gasteiger partial charge on any atom is 0.224 e. The predicted octanol–water partition coefficient (Wildman–Crippen LogP) is 2.75. The third-order valence-electron chi connectivity index (χ3n) is 3.99. The van der Waals surface area contributed by atoms with Crippen molar-refractivity contribution in [3.05, 3.63) is 65.5 Å². The molecule has 2 aromatic carbocycles. The number of rotatable bonds is 7. The maximum atomic E-state index is 13.5. The zero-order chi connectivity index (χ0) is 19.1. The van der Waals surface area contributed by atoms with Crippen LogP contribution in [0, 0.1) is 5.82 Å². The third-order valence-corrected chi connectivity index (χ3v) is 3.99. The number of hydrogen-bond acceptors (Lipinski definition) is 3. The van der Waals surface area contributed by atoms with Crippen molar-refractivity contribution in [3.8, 4) is 0 Å². The number of anilines is 1. The van der Waals surface area contributed by atoms with Crippen molar-refractivity contribution in [3.63, 3.8) is 0 Å². The van der Waals surface area contributed by atoms with Crippen molar-refractivity contribution in [1.29, 1.82) is 0 Å². The van der Waals surface area contributed by atoms with Gasteiger partial charge in [-0.15, -0.1) is 0 Å². The smallest absolute Gasteiger partial charge is 0.224 e. The number of hydrogen-bond donors (Lipinski definition) is 2. The number of nitrogens with zero attached hydrogens (tertiary/aromatic N) is 1. The number of halogens is 1. The lowest BCUT2D eigenvalue weighted by molar-refractivity contribution is -0.120. The van der Waals surface area contributed by atoms with Crippen LogP contribution in [0.1, 0.15) is 24.1 Å². The Kier molecular flexibility index (Phi) is 6.86. The van der Waals surface area contributed by atoms with Crippen LogP contribution in [-0.2, 0) is 16.0 Å². The average Bonchev–Trinajstić information content (AvgIpc) is 2.56. The summed E-state index contributed by atoms with van der Waals surface area (Å²) in [5.74, 6) is -0.539. The number of carbonyl (C=O) groups is 2. The summed E-state index contributed by atoms with van der Waals surface area (Å²) >= 11 is 0. The lowest BCUT2D eigenvalue weighted by atomic mass is 10.1. The first-order chi connectivity index (χ1) is 12.3. The van der Waals surface area contributed by atoms with Gasteiger partial charge in [-0.05, 0) is 49.5 Å². The molecule has 0 bridgehead atoms. The van der Waals surface area contributed by atoms with Crippen molar-refractivity contribution in [1.82, 2.24) is 10.2 Å². The molecule has 0 aromatic heterocycles. The van der Waals surface area contributed by atoms with Gasteiger partial charge in [-0.3, -0.25) is 9.59 Å². The molecule has 0 saturated heterocycles. The van der Waals surface area contributed by atoms with Crippen molar-refractivity contribution in [2.75, 3.05) is 26.0 Å². The molecular weight excluding hydrogens is 333 g/mol. The van der Waals surface area contributed by atoms with Gasteiger partial charge in [0.05, 0.1) is 12.5 Å². The molecule has 0 heterocycles. The third kappa shape index (κ3) is 5.97. The van der Waals surface area contributed by atoms with Crippen LogP contribution in [0.4, 0.5) is 10.1 Å². The van der Waals surface area contributed by atoms with Crippen LogP contribution in [0.3, 0.4) is 0 Å². The van der Waals surface area contributed by atoms with E-state index in [4.69, 9.17) is 0 Å². The second-order valence-electron chi connectivity index (χ2n) is 6.39. The van der Waals surface area contributed by atoms with E-state index in [9.17, 15) is 14.0 Å². The van der Waals surface area contributed by atoms with Gasteiger partial charge in [-0.2, -0.15) is 0 Å². The molecule has 6 heteroatoms. The first kappa shape index (κ1) is 19.6. The number of likely N-dealkylation sites (N-methyl/N-ethyl adjacent to an activating group) is 1. The molecule has 26 heavy (non-hydrogen) atoms. The average molecular weight is 357 g/mol. The minimum absolute atomic E-state index is 0.111. The Morgan fingerprint density at radius 3 is 2.38 bits per heavy atom. The highest BCUT2D eigenvalue weighted by Gasteiger charge is 2.16. The van der Waals surface area contributed by atoms with Crippen molar-refractivity contribution >= 4 is 17.5 Å². The van der Waals surface area contributed by atoms with Gasteiger partial charge in [0.25, 0.3) is 0 Å². The summed E-state index contributed by atoms with van der Waals surface area (Å²) in [6.45, 7) is 1.83. The Morgan fingerprint density at radius 1 is 1.12 bits per heavy atom. The summed E-state index contributed by atoms with van der Waals surface area (Å²) in [4.78, 5) is 25.2. The Hall–Kier alpha value is -2.73. The fraction of sp³-hybridized carbons (Fsp3) is 0.300. The van der Waals surface area contributed by atoms with E-state index in [2.05, 4.69) is 10.6 Å². The Bertz CT molecular complexity index is 760. The zero-order valence-corrected chi connectivity index (χ0v) is 15.3. The lowest BCUT2D eigenvalue weighted by Gasteiger charge is -2.25. The monoisotopic (exact) mass is 357 g/mol. The molecule has 1 unspecified atom stereocenters. The first-order valence-electron chi connectivity index (χ1n) is 8.40. The molecule has 0 radical (unpaired) electrons. The molecule has 2 aromatic rings. The van der Waals surface area contributed by atoms with Gasteiger partial charge in [-0.1, -0.05) is 24.3 Å². The zero-order valence-electron chi connectivity index (χ0n) is 15.3. The highest BCUT2D eigenvalue weighted by atomic mass is 19.1. The standard InChI is InChI=1S/C20H24FN3O2/c1-14(25)23-18-9-7-15(8-10-18)11-20(26)22-13-19(24(2)3)16-5-4-6-17(21)12-16/h4-10,12,19H,11,13H2,1-3H3,(H,22,26)(H,23,25). The van der Waals surface area contributed by atoms with Crippen LogP contribution in [0.15, 0.2) is 48.5 Å².